The van der Waals surface area contributed by atoms with Crippen LogP contribution in [-0.4, -0.2) is 26.6 Å². The van der Waals surface area contributed by atoms with E-state index >= 15 is 0 Å². The number of benzene rings is 3. The van der Waals surface area contributed by atoms with E-state index in [4.69, 9.17) is 9.84 Å². The second-order valence-corrected chi connectivity index (χ2v) is 7.92. The minimum Gasteiger partial charge on any atom is -0.439 e. The van der Waals surface area contributed by atoms with Gasteiger partial charge in [-0.2, -0.15) is 5.10 Å². The van der Waals surface area contributed by atoms with Crippen molar-refractivity contribution in [1.82, 2.24) is 14.7 Å². The van der Waals surface area contributed by atoms with Gasteiger partial charge in [0.25, 0.3) is 5.91 Å². The fraction of sp³-hybridized carbons (Fsp3) is 0.185. The van der Waals surface area contributed by atoms with Crippen LogP contribution < -0.4 is 4.74 Å². The van der Waals surface area contributed by atoms with Crippen molar-refractivity contribution in [2.24, 2.45) is 0 Å². The van der Waals surface area contributed by atoms with Gasteiger partial charge in [0.15, 0.2) is 0 Å². The Kier molecular flexibility index (Phi) is 6.36. The monoisotopic (exact) mass is 425 g/mol. The van der Waals surface area contributed by atoms with Crippen molar-refractivity contribution >= 4 is 5.91 Å². The van der Waals surface area contributed by atoms with Crippen LogP contribution in [0.2, 0.25) is 0 Å². The van der Waals surface area contributed by atoms with Gasteiger partial charge < -0.3 is 9.64 Å². The van der Waals surface area contributed by atoms with Gasteiger partial charge in [0.1, 0.15) is 5.75 Å². The van der Waals surface area contributed by atoms with Crippen molar-refractivity contribution in [2.45, 2.75) is 33.4 Å². The van der Waals surface area contributed by atoms with Crippen LogP contribution in [0.4, 0.5) is 0 Å². The zero-order valence-electron chi connectivity index (χ0n) is 18.6. The van der Waals surface area contributed by atoms with E-state index in [9.17, 15) is 4.79 Å². The van der Waals surface area contributed by atoms with Crippen LogP contribution in [0.15, 0.2) is 91.0 Å². The fourth-order valence-corrected chi connectivity index (χ4v) is 3.58. The van der Waals surface area contributed by atoms with Gasteiger partial charge in [0, 0.05) is 11.6 Å². The lowest BCUT2D eigenvalue weighted by molar-refractivity contribution is 0.0689. The van der Waals surface area contributed by atoms with Gasteiger partial charge in [-0.05, 0) is 57.2 Å². The van der Waals surface area contributed by atoms with E-state index in [-0.39, 0.29) is 11.9 Å². The SMILES string of the molecule is Cc1nn(-c2ccccc2)c(Oc2ccccc2)c1CN(C(=O)c1ccccc1)C(C)C. The van der Waals surface area contributed by atoms with E-state index in [2.05, 4.69) is 0 Å². The van der Waals surface area contributed by atoms with Gasteiger partial charge in [-0.15, -0.1) is 0 Å². The van der Waals surface area contributed by atoms with Crippen molar-refractivity contribution in [3.63, 3.8) is 0 Å². The number of rotatable bonds is 7. The third kappa shape index (κ3) is 4.57. The molecule has 3 aromatic carbocycles. The number of ether oxygens (including phenoxy) is 1. The molecule has 0 unspecified atom stereocenters. The lowest BCUT2D eigenvalue weighted by atomic mass is 10.1. The van der Waals surface area contributed by atoms with Crippen LogP contribution in [0.3, 0.4) is 0 Å². The number of nitrogens with zero attached hydrogens (tertiary/aromatic N) is 3. The van der Waals surface area contributed by atoms with Gasteiger partial charge in [-0.25, -0.2) is 4.68 Å². The quantitative estimate of drug-likeness (QED) is 0.363. The summed E-state index contributed by atoms with van der Waals surface area (Å²) in [6.45, 7) is 6.40. The van der Waals surface area contributed by atoms with Crippen LogP contribution in [0.5, 0.6) is 11.6 Å². The predicted molar refractivity (Wildman–Crippen MR) is 126 cm³/mol. The molecule has 0 saturated heterocycles. The molecule has 162 valence electrons. The number of aromatic nitrogens is 2. The standard InChI is InChI=1S/C27H27N3O2/c1-20(2)29(26(31)22-13-7-4-8-14-22)19-25-21(3)28-30(23-15-9-5-10-16-23)27(25)32-24-17-11-6-12-18-24/h4-18,20H,19H2,1-3H3. The molecule has 1 heterocycles. The highest BCUT2D eigenvalue weighted by molar-refractivity contribution is 5.94. The summed E-state index contributed by atoms with van der Waals surface area (Å²) < 4.78 is 8.15. The van der Waals surface area contributed by atoms with Crippen LogP contribution in [0.25, 0.3) is 5.69 Å². The third-order valence-corrected chi connectivity index (χ3v) is 5.33. The Bertz CT molecular complexity index is 1170. The second kappa shape index (κ2) is 9.52. The molecular weight excluding hydrogens is 398 g/mol. The third-order valence-electron chi connectivity index (χ3n) is 5.33. The number of carbonyl (C=O) groups is 1. The minimum atomic E-state index is -0.0156. The van der Waals surface area contributed by atoms with Gasteiger partial charge >= 0.3 is 0 Å². The number of hydrogen-bond acceptors (Lipinski definition) is 3. The van der Waals surface area contributed by atoms with Crippen LogP contribution in [0.1, 0.15) is 35.5 Å². The molecule has 0 fully saturated rings. The van der Waals surface area contributed by atoms with E-state index in [0.29, 0.717) is 18.0 Å². The summed E-state index contributed by atoms with van der Waals surface area (Å²) >= 11 is 0. The first-order valence-electron chi connectivity index (χ1n) is 10.8. The maximum Gasteiger partial charge on any atom is 0.254 e. The van der Waals surface area contributed by atoms with Gasteiger partial charge in [0.2, 0.25) is 5.88 Å². The molecule has 0 bridgehead atoms. The van der Waals surface area contributed by atoms with E-state index in [1.807, 2.05) is 121 Å². The average molecular weight is 426 g/mol. The van der Waals surface area contributed by atoms with Gasteiger partial charge in [0.05, 0.1) is 23.5 Å². The highest BCUT2D eigenvalue weighted by Crippen LogP contribution is 2.32. The smallest absolute Gasteiger partial charge is 0.254 e. The average Bonchev–Trinajstić information content (AvgIpc) is 3.13. The lowest BCUT2D eigenvalue weighted by Crippen LogP contribution is -2.36. The summed E-state index contributed by atoms with van der Waals surface area (Å²) in [6, 6.07) is 28.9. The molecule has 0 radical (unpaired) electrons. The molecule has 0 spiro atoms. The second-order valence-electron chi connectivity index (χ2n) is 7.92. The van der Waals surface area contributed by atoms with Crippen molar-refractivity contribution < 1.29 is 9.53 Å². The molecule has 1 amide bonds. The normalized spacial score (nSPS) is 10.9. The summed E-state index contributed by atoms with van der Waals surface area (Å²) in [5.74, 6) is 1.32. The topological polar surface area (TPSA) is 47.4 Å². The number of para-hydroxylation sites is 2. The van der Waals surface area contributed by atoms with Crippen molar-refractivity contribution in [1.29, 1.82) is 0 Å². The molecule has 4 aromatic rings. The molecule has 5 heteroatoms. The number of carbonyl (C=O) groups excluding carboxylic acids is 1. The molecule has 5 nitrogen and oxygen atoms in total. The number of hydrogen-bond donors (Lipinski definition) is 0. The number of amides is 1. The molecule has 0 aliphatic heterocycles. The summed E-state index contributed by atoms with van der Waals surface area (Å²) in [5.41, 5.74) is 3.28. The first-order valence-corrected chi connectivity index (χ1v) is 10.8. The lowest BCUT2D eigenvalue weighted by Gasteiger charge is -2.27. The molecule has 0 N–H and O–H groups in total. The van der Waals surface area contributed by atoms with Crippen LogP contribution >= 0.6 is 0 Å². The van der Waals surface area contributed by atoms with E-state index < -0.39 is 0 Å². The van der Waals surface area contributed by atoms with E-state index in [0.717, 1.165) is 22.7 Å². The molecular formula is C27H27N3O2. The summed E-state index contributed by atoms with van der Waals surface area (Å²) in [6.07, 6.45) is 0. The Morgan fingerprint density at radius 1 is 0.906 bits per heavy atom. The number of aryl methyl sites for hydroxylation is 1. The minimum absolute atomic E-state index is 0.00626. The summed E-state index contributed by atoms with van der Waals surface area (Å²) in [4.78, 5) is 15.2. The maximum atomic E-state index is 13.3. The zero-order chi connectivity index (χ0) is 22.5. The van der Waals surface area contributed by atoms with Gasteiger partial charge in [-0.3, -0.25) is 4.79 Å². The molecule has 1 aromatic heterocycles. The fourth-order valence-electron chi connectivity index (χ4n) is 3.58. The Morgan fingerprint density at radius 2 is 1.47 bits per heavy atom. The van der Waals surface area contributed by atoms with Crippen LogP contribution in [0, 0.1) is 6.92 Å². The molecule has 0 aliphatic carbocycles. The Morgan fingerprint density at radius 3 is 2.06 bits per heavy atom. The largest absolute Gasteiger partial charge is 0.439 e. The van der Waals surface area contributed by atoms with Crippen molar-refractivity contribution in [3.05, 3.63) is 108 Å². The summed E-state index contributed by atoms with van der Waals surface area (Å²) in [7, 11) is 0. The van der Waals surface area contributed by atoms with Crippen molar-refractivity contribution in [2.75, 3.05) is 0 Å². The van der Waals surface area contributed by atoms with Crippen molar-refractivity contribution in [3.8, 4) is 17.3 Å². The molecule has 32 heavy (non-hydrogen) atoms. The highest BCUT2D eigenvalue weighted by atomic mass is 16.5. The zero-order valence-corrected chi connectivity index (χ0v) is 18.6. The molecule has 4 rings (SSSR count). The Balaban J connectivity index is 1.77. The highest BCUT2D eigenvalue weighted by Gasteiger charge is 2.25. The van der Waals surface area contributed by atoms with Gasteiger partial charge in [-0.1, -0.05) is 54.6 Å². The van der Waals surface area contributed by atoms with E-state index in [1.165, 1.54) is 0 Å². The van der Waals surface area contributed by atoms with E-state index in [1.54, 1.807) is 0 Å². The van der Waals surface area contributed by atoms with Crippen LogP contribution in [-0.2, 0) is 6.54 Å². The first-order chi connectivity index (χ1) is 15.5. The first kappa shape index (κ1) is 21.4. The molecule has 0 atom stereocenters. The Labute approximate surface area is 188 Å². The Hall–Kier alpha value is -3.86. The molecule has 0 saturated carbocycles. The maximum absolute atomic E-state index is 13.3. The predicted octanol–water partition coefficient (Wildman–Crippen LogP) is 6.02. The summed E-state index contributed by atoms with van der Waals surface area (Å²) in [5, 5.41) is 4.78. The molecule has 0 aliphatic rings.